The monoisotopic (exact) mass is 354 g/mol. The van der Waals surface area contributed by atoms with Gasteiger partial charge in [-0.2, -0.15) is 5.26 Å². The van der Waals surface area contributed by atoms with Crippen LogP contribution in [0.1, 0.15) is 5.56 Å². The van der Waals surface area contributed by atoms with Crippen molar-refractivity contribution in [3.05, 3.63) is 26.4 Å². The molecule has 0 fully saturated rings. The lowest BCUT2D eigenvalue weighted by Gasteiger charge is -2.09. The van der Waals surface area contributed by atoms with Crippen molar-refractivity contribution in [1.29, 1.82) is 5.26 Å². The average molecular weight is 354 g/mol. The Hall–Kier alpha value is -2.16. The Bertz CT molecular complexity index is 863. The lowest BCUT2D eigenvalue weighted by Crippen LogP contribution is -2.39. The number of hydrogen-bond donors (Lipinski definition) is 1. The second kappa shape index (κ2) is 7.40. The highest BCUT2D eigenvalue weighted by Gasteiger charge is 2.18. The molecule has 0 bridgehead atoms. The van der Waals surface area contributed by atoms with Crippen LogP contribution in [0.3, 0.4) is 0 Å². The van der Waals surface area contributed by atoms with Gasteiger partial charge in [0.1, 0.15) is 16.7 Å². The Morgan fingerprint density at radius 1 is 1.35 bits per heavy atom. The number of ether oxygens (including phenoxy) is 1. The van der Waals surface area contributed by atoms with Crippen LogP contribution >= 0.6 is 23.1 Å². The Morgan fingerprint density at radius 2 is 2.09 bits per heavy atom. The number of rotatable bonds is 6. The normalized spacial score (nSPS) is 10.5. The SMILES string of the molecule is COCCNc1nnc(Sc2c(C#N)c(=O)n(C)c(=O)n2C)s1. The summed E-state index contributed by atoms with van der Waals surface area (Å²) in [5.74, 6) is 0. The van der Waals surface area contributed by atoms with Crippen LogP contribution < -0.4 is 16.6 Å². The summed E-state index contributed by atoms with van der Waals surface area (Å²) in [4.78, 5) is 24.0. The minimum atomic E-state index is -0.624. The highest BCUT2D eigenvalue weighted by Crippen LogP contribution is 2.31. The summed E-state index contributed by atoms with van der Waals surface area (Å²) in [7, 11) is 4.44. The number of nitrogens with zero attached hydrogens (tertiary/aromatic N) is 5. The maximum absolute atomic E-state index is 12.0. The highest BCUT2D eigenvalue weighted by atomic mass is 32.2. The molecule has 0 spiro atoms. The van der Waals surface area contributed by atoms with E-state index in [9.17, 15) is 14.9 Å². The number of aromatic nitrogens is 4. The molecule has 0 saturated carbocycles. The number of hydrogen-bond acceptors (Lipinski definition) is 9. The van der Waals surface area contributed by atoms with E-state index < -0.39 is 11.2 Å². The first-order valence-corrected chi connectivity index (χ1v) is 8.07. The Kier molecular flexibility index (Phi) is 5.54. The minimum Gasteiger partial charge on any atom is -0.383 e. The predicted molar refractivity (Wildman–Crippen MR) is 86.0 cm³/mol. The van der Waals surface area contributed by atoms with E-state index in [1.54, 1.807) is 7.11 Å². The lowest BCUT2D eigenvalue weighted by atomic mass is 10.3. The van der Waals surface area contributed by atoms with Crippen molar-refractivity contribution < 1.29 is 4.74 Å². The molecule has 23 heavy (non-hydrogen) atoms. The summed E-state index contributed by atoms with van der Waals surface area (Å²) in [6.45, 7) is 1.12. The van der Waals surface area contributed by atoms with Gasteiger partial charge < -0.3 is 10.1 Å². The Balaban J connectivity index is 2.33. The topological polar surface area (TPSA) is 115 Å². The van der Waals surface area contributed by atoms with E-state index in [1.807, 2.05) is 6.07 Å². The van der Waals surface area contributed by atoms with Gasteiger partial charge in [-0.25, -0.2) is 4.79 Å². The van der Waals surface area contributed by atoms with Gasteiger partial charge in [0, 0.05) is 27.7 Å². The van der Waals surface area contributed by atoms with Crippen molar-refractivity contribution in [2.75, 3.05) is 25.6 Å². The number of methoxy groups -OCH3 is 1. The molecule has 0 aromatic carbocycles. The first kappa shape index (κ1) is 17.2. The Morgan fingerprint density at radius 3 is 2.74 bits per heavy atom. The van der Waals surface area contributed by atoms with Crippen LogP contribution in [0.15, 0.2) is 19.0 Å². The van der Waals surface area contributed by atoms with E-state index in [0.29, 0.717) is 22.6 Å². The smallest absolute Gasteiger partial charge is 0.331 e. The molecular weight excluding hydrogens is 340 g/mol. The van der Waals surface area contributed by atoms with Crippen LogP contribution in [0.2, 0.25) is 0 Å². The molecule has 11 heteroatoms. The molecule has 0 aliphatic carbocycles. The molecule has 0 unspecified atom stereocenters. The van der Waals surface area contributed by atoms with Crippen LogP contribution in [-0.4, -0.2) is 39.6 Å². The summed E-state index contributed by atoms with van der Waals surface area (Å²) in [5.41, 5.74) is -1.22. The van der Waals surface area contributed by atoms with E-state index in [2.05, 4.69) is 15.5 Å². The summed E-state index contributed by atoms with van der Waals surface area (Å²) in [5, 5.41) is 21.0. The fourth-order valence-corrected chi connectivity index (χ4v) is 3.55. The van der Waals surface area contributed by atoms with Gasteiger partial charge >= 0.3 is 5.69 Å². The summed E-state index contributed by atoms with van der Waals surface area (Å²) < 4.78 is 7.60. The van der Waals surface area contributed by atoms with Crippen LogP contribution in [0, 0.1) is 11.3 Å². The zero-order valence-electron chi connectivity index (χ0n) is 12.7. The third kappa shape index (κ3) is 3.61. The van der Waals surface area contributed by atoms with Crippen molar-refractivity contribution in [2.24, 2.45) is 14.1 Å². The Labute approximate surface area is 139 Å². The van der Waals surface area contributed by atoms with Crippen LogP contribution in [0.5, 0.6) is 0 Å². The summed E-state index contributed by atoms with van der Waals surface area (Å²) in [6.07, 6.45) is 0. The van der Waals surface area contributed by atoms with E-state index in [4.69, 9.17) is 4.74 Å². The van der Waals surface area contributed by atoms with Gasteiger partial charge in [-0.05, 0) is 11.8 Å². The number of nitrogens with one attached hydrogen (secondary N) is 1. The lowest BCUT2D eigenvalue weighted by molar-refractivity contribution is 0.211. The van der Waals surface area contributed by atoms with Gasteiger partial charge in [0.2, 0.25) is 5.13 Å². The van der Waals surface area contributed by atoms with Gasteiger partial charge in [0.25, 0.3) is 5.56 Å². The molecule has 9 nitrogen and oxygen atoms in total. The summed E-state index contributed by atoms with van der Waals surface area (Å²) in [6, 6.07) is 1.85. The van der Waals surface area contributed by atoms with Crippen LogP contribution in [0.25, 0.3) is 0 Å². The van der Waals surface area contributed by atoms with Gasteiger partial charge in [-0.1, -0.05) is 11.3 Å². The first-order chi connectivity index (χ1) is 11.0. The quantitative estimate of drug-likeness (QED) is 0.570. The molecule has 2 aromatic heterocycles. The number of nitriles is 1. The molecule has 0 saturated heterocycles. The zero-order valence-corrected chi connectivity index (χ0v) is 14.3. The molecule has 0 aliphatic heterocycles. The van der Waals surface area contributed by atoms with Crippen LogP contribution in [-0.2, 0) is 18.8 Å². The predicted octanol–water partition coefficient (Wildman–Crippen LogP) is 0.0167. The molecule has 1 N–H and O–H groups in total. The molecule has 0 atom stereocenters. The molecule has 2 rings (SSSR count). The van der Waals surface area contributed by atoms with E-state index in [-0.39, 0.29) is 10.6 Å². The maximum atomic E-state index is 12.0. The number of anilines is 1. The highest BCUT2D eigenvalue weighted by molar-refractivity contribution is 8.01. The van der Waals surface area contributed by atoms with Crippen molar-refractivity contribution in [3.8, 4) is 6.07 Å². The largest absolute Gasteiger partial charge is 0.383 e. The first-order valence-electron chi connectivity index (χ1n) is 6.43. The molecule has 2 aromatic rings. The standard InChI is InChI=1S/C12H14N6O3S2/c1-17-8(19)7(6-13)9(18(2)12(17)20)22-11-16-15-10(23-11)14-4-5-21-3/h4-5H2,1-3H3,(H,14,15). The van der Waals surface area contributed by atoms with Crippen molar-refractivity contribution >= 4 is 28.2 Å². The summed E-state index contributed by atoms with van der Waals surface area (Å²) >= 11 is 2.33. The van der Waals surface area contributed by atoms with Crippen molar-refractivity contribution in [2.45, 2.75) is 9.37 Å². The molecule has 2 heterocycles. The maximum Gasteiger partial charge on any atom is 0.331 e. The van der Waals surface area contributed by atoms with E-state index in [1.165, 1.54) is 30.0 Å². The zero-order chi connectivity index (χ0) is 17.0. The molecule has 122 valence electrons. The molecule has 0 amide bonds. The van der Waals surface area contributed by atoms with Gasteiger partial charge in [-0.3, -0.25) is 13.9 Å². The van der Waals surface area contributed by atoms with Gasteiger partial charge in [0.05, 0.1) is 6.61 Å². The minimum absolute atomic E-state index is 0.0938. The third-order valence-electron chi connectivity index (χ3n) is 2.90. The van der Waals surface area contributed by atoms with Crippen molar-refractivity contribution in [3.63, 3.8) is 0 Å². The fourth-order valence-electron chi connectivity index (χ4n) is 1.71. The van der Waals surface area contributed by atoms with Gasteiger partial charge in [-0.15, -0.1) is 10.2 Å². The molecular formula is C12H14N6O3S2. The average Bonchev–Trinajstić information content (AvgIpc) is 2.99. The second-order valence-electron chi connectivity index (χ2n) is 4.39. The van der Waals surface area contributed by atoms with Crippen LogP contribution in [0.4, 0.5) is 5.13 Å². The third-order valence-corrected chi connectivity index (χ3v) is 5.00. The van der Waals surface area contributed by atoms with E-state index in [0.717, 1.165) is 16.3 Å². The molecule has 0 radical (unpaired) electrons. The van der Waals surface area contributed by atoms with E-state index >= 15 is 0 Å². The second-order valence-corrected chi connectivity index (χ2v) is 6.61. The fraction of sp³-hybridized carbons (Fsp3) is 0.417. The van der Waals surface area contributed by atoms with Gasteiger partial charge in [0.15, 0.2) is 4.34 Å². The van der Waals surface area contributed by atoms with Crippen molar-refractivity contribution in [1.82, 2.24) is 19.3 Å². The molecule has 0 aliphatic rings.